The monoisotopic (exact) mass is 277 g/mol. The Morgan fingerprint density at radius 1 is 1.47 bits per heavy atom. The fourth-order valence-corrected chi connectivity index (χ4v) is 1.28. The quantitative estimate of drug-likeness (QED) is 0.577. The Labute approximate surface area is 111 Å². The van der Waals surface area contributed by atoms with E-state index < -0.39 is 36.0 Å². The summed E-state index contributed by atoms with van der Waals surface area (Å²) in [6, 6.07) is 0. The van der Waals surface area contributed by atoms with Gasteiger partial charge in [0.25, 0.3) is 0 Å². The summed E-state index contributed by atoms with van der Waals surface area (Å²) < 4.78 is 22.5. The highest BCUT2D eigenvalue weighted by Crippen LogP contribution is 2.17. The molecule has 6 nitrogen and oxygen atoms in total. The van der Waals surface area contributed by atoms with Gasteiger partial charge in [0, 0.05) is 0 Å². The largest absolute Gasteiger partial charge is 0.467 e. The number of hydrogen-bond donors (Lipinski definition) is 2. The molecule has 1 amide bonds. The van der Waals surface area contributed by atoms with Crippen LogP contribution in [0.1, 0.15) is 20.8 Å². The van der Waals surface area contributed by atoms with Crippen molar-refractivity contribution >= 4 is 12.1 Å². The molecule has 0 fully saturated rings. The van der Waals surface area contributed by atoms with Gasteiger partial charge in [0.2, 0.25) is 0 Å². The molecule has 0 saturated heterocycles. The van der Waals surface area contributed by atoms with E-state index in [1.807, 2.05) is 5.32 Å². The number of aliphatic hydroxyl groups is 1. The SMILES string of the molecule is C=CC(O)C(CF)(NC(=O)OC(C)(C)C)C(=O)OC. The van der Waals surface area contributed by atoms with Crippen molar-refractivity contribution in [3.63, 3.8) is 0 Å². The van der Waals surface area contributed by atoms with Crippen LogP contribution in [0.15, 0.2) is 12.7 Å². The molecular weight excluding hydrogens is 257 g/mol. The molecule has 110 valence electrons. The highest BCUT2D eigenvalue weighted by molar-refractivity contribution is 5.87. The van der Waals surface area contributed by atoms with Gasteiger partial charge in [0.05, 0.1) is 7.11 Å². The number of nitrogens with one attached hydrogen (secondary N) is 1. The third kappa shape index (κ3) is 4.51. The lowest BCUT2D eigenvalue weighted by Gasteiger charge is -2.32. The topological polar surface area (TPSA) is 84.9 Å². The first-order valence-corrected chi connectivity index (χ1v) is 5.59. The zero-order valence-corrected chi connectivity index (χ0v) is 11.5. The van der Waals surface area contributed by atoms with Crippen LogP contribution >= 0.6 is 0 Å². The summed E-state index contributed by atoms with van der Waals surface area (Å²) in [6.07, 6.45) is -1.78. The summed E-state index contributed by atoms with van der Waals surface area (Å²) in [5, 5.41) is 11.7. The van der Waals surface area contributed by atoms with Crippen LogP contribution < -0.4 is 5.32 Å². The minimum absolute atomic E-state index is 0.832. The number of amides is 1. The van der Waals surface area contributed by atoms with Crippen LogP contribution in [-0.2, 0) is 14.3 Å². The number of aliphatic hydroxyl groups excluding tert-OH is 1. The lowest BCUT2D eigenvalue weighted by molar-refractivity contribution is -0.153. The predicted molar refractivity (Wildman–Crippen MR) is 66.3 cm³/mol. The number of halogens is 1. The molecule has 0 bridgehead atoms. The maximum Gasteiger partial charge on any atom is 0.408 e. The van der Waals surface area contributed by atoms with Crippen LogP contribution in [-0.4, -0.2) is 48.2 Å². The Morgan fingerprint density at radius 2 is 2.00 bits per heavy atom. The minimum atomic E-state index is -2.27. The Balaban J connectivity index is 5.21. The Morgan fingerprint density at radius 3 is 2.32 bits per heavy atom. The van der Waals surface area contributed by atoms with Gasteiger partial charge in [-0.25, -0.2) is 14.0 Å². The number of rotatable bonds is 5. The van der Waals surface area contributed by atoms with Crippen LogP contribution in [0.2, 0.25) is 0 Å². The second kappa shape index (κ2) is 6.51. The third-order valence-electron chi connectivity index (χ3n) is 2.21. The number of ether oxygens (including phenoxy) is 2. The molecule has 19 heavy (non-hydrogen) atoms. The van der Waals surface area contributed by atoms with Gasteiger partial charge >= 0.3 is 12.1 Å². The number of carbonyl (C=O) groups is 2. The Bertz CT molecular complexity index is 353. The molecule has 0 rings (SSSR count). The molecule has 0 aromatic heterocycles. The van der Waals surface area contributed by atoms with E-state index in [2.05, 4.69) is 11.3 Å². The smallest absolute Gasteiger partial charge is 0.408 e. The molecule has 0 radical (unpaired) electrons. The molecule has 2 unspecified atom stereocenters. The van der Waals surface area contributed by atoms with Crippen LogP contribution in [0.5, 0.6) is 0 Å². The molecule has 0 aliphatic rings. The lowest BCUT2D eigenvalue weighted by Crippen LogP contribution is -2.64. The second-order valence-corrected chi connectivity index (χ2v) is 4.90. The van der Waals surface area contributed by atoms with Crippen molar-refractivity contribution in [3.05, 3.63) is 12.7 Å². The first kappa shape index (κ1) is 17.4. The average molecular weight is 277 g/mol. The Kier molecular flexibility index (Phi) is 5.95. The highest BCUT2D eigenvalue weighted by atomic mass is 19.1. The predicted octanol–water partition coefficient (Wildman–Crippen LogP) is 0.939. The van der Waals surface area contributed by atoms with Crippen LogP contribution in [0, 0.1) is 0 Å². The Hall–Kier alpha value is -1.63. The summed E-state index contributed by atoms with van der Waals surface area (Å²) >= 11 is 0. The lowest BCUT2D eigenvalue weighted by atomic mass is 9.94. The summed E-state index contributed by atoms with van der Waals surface area (Å²) in [5.41, 5.74) is -3.10. The molecule has 0 aliphatic heterocycles. The summed E-state index contributed by atoms with van der Waals surface area (Å²) in [5.74, 6) is -1.13. The van der Waals surface area contributed by atoms with Gasteiger partial charge in [-0.2, -0.15) is 0 Å². The molecule has 0 aromatic carbocycles. The molecule has 0 saturated carbocycles. The standard InChI is InChI=1S/C12H20FNO5/c1-6-8(15)12(7-13,9(16)18-5)14-10(17)19-11(2,3)4/h6,8,15H,1,7H2,2-5H3,(H,14,17). The van der Waals surface area contributed by atoms with E-state index in [-0.39, 0.29) is 0 Å². The highest BCUT2D eigenvalue weighted by Gasteiger charge is 2.48. The van der Waals surface area contributed by atoms with E-state index in [1.54, 1.807) is 20.8 Å². The fraction of sp³-hybridized carbons (Fsp3) is 0.667. The van der Waals surface area contributed by atoms with Crippen molar-refractivity contribution in [2.45, 2.75) is 38.0 Å². The van der Waals surface area contributed by atoms with Crippen molar-refractivity contribution in [3.8, 4) is 0 Å². The number of methoxy groups -OCH3 is 1. The maximum absolute atomic E-state index is 13.2. The summed E-state index contributed by atoms with van der Waals surface area (Å²) in [4.78, 5) is 23.2. The van der Waals surface area contributed by atoms with Gasteiger partial charge in [-0.3, -0.25) is 0 Å². The van der Waals surface area contributed by atoms with Crippen LogP contribution in [0.3, 0.4) is 0 Å². The van der Waals surface area contributed by atoms with Crippen molar-refractivity contribution in [1.29, 1.82) is 0 Å². The van der Waals surface area contributed by atoms with E-state index in [0.29, 0.717) is 0 Å². The van der Waals surface area contributed by atoms with Crippen molar-refractivity contribution in [1.82, 2.24) is 5.32 Å². The molecular formula is C12H20FNO5. The van der Waals surface area contributed by atoms with Gasteiger partial charge in [0.15, 0.2) is 5.54 Å². The zero-order valence-electron chi connectivity index (χ0n) is 11.5. The van der Waals surface area contributed by atoms with Gasteiger partial charge in [-0.1, -0.05) is 6.08 Å². The van der Waals surface area contributed by atoms with E-state index in [9.17, 15) is 19.1 Å². The summed E-state index contributed by atoms with van der Waals surface area (Å²) in [6.45, 7) is 6.70. The van der Waals surface area contributed by atoms with Gasteiger partial charge in [0.1, 0.15) is 18.4 Å². The molecule has 0 aromatic rings. The molecule has 0 aliphatic carbocycles. The average Bonchev–Trinajstić information content (AvgIpc) is 2.31. The first-order valence-electron chi connectivity index (χ1n) is 5.59. The zero-order chi connectivity index (χ0) is 15.3. The molecule has 2 N–H and O–H groups in total. The van der Waals surface area contributed by atoms with E-state index in [0.717, 1.165) is 13.2 Å². The number of alkyl carbamates (subject to hydrolysis) is 1. The second-order valence-electron chi connectivity index (χ2n) is 4.90. The molecule has 7 heteroatoms. The molecule has 2 atom stereocenters. The molecule has 0 spiro atoms. The van der Waals surface area contributed by atoms with Gasteiger partial charge in [-0.05, 0) is 20.8 Å². The summed E-state index contributed by atoms with van der Waals surface area (Å²) in [7, 11) is 1.01. The van der Waals surface area contributed by atoms with E-state index in [1.165, 1.54) is 0 Å². The fourth-order valence-electron chi connectivity index (χ4n) is 1.28. The number of carbonyl (C=O) groups excluding carboxylic acids is 2. The van der Waals surface area contributed by atoms with Crippen LogP contribution in [0.4, 0.5) is 9.18 Å². The first-order chi connectivity index (χ1) is 8.62. The number of esters is 1. The maximum atomic E-state index is 13.2. The third-order valence-corrected chi connectivity index (χ3v) is 2.21. The van der Waals surface area contributed by atoms with Crippen LogP contribution in [0.25, 0.3) is 0 Å². The number of alkyl halides is 1. The van der Waals surface area contributed by atoms with Gasteiger partial charge in [-0.15, -0.1) is 6.58 Å². The van der Waals surface area contributed by atoms with E-state index >= 15 is 0 Å². The number of hydrogen-bond acceptors (Lipinski definition) is 5. The van der Waals surface area contributed by atoms with Crippen molar-refractivity contribution < 1.29 is 28.6 Å². The molecule has 0 heterocycles. The minimum Gasteiger partial charge on any atom is -0.467 e. The van der Waals surface area contributed by atoms with E-state index in [4.69, 9.17) is 4.74 Å². The van der Waals surface area contributed by atoms with Crippen molar-refractivity contribution in [2.75, 3.05) is 13.8 Å². The van der Waals surface area contributed by atoms with Gasteiger partial charge < -0.3 is 19.9 Å². The normalized spacial score (nSPS) is 15.9. The van der Waals surface area contributed by atoms with Crippen molar-refractivity contribution in [2.24, 2.45) is 0 Å².